The fourth-order valence-electron chi connectivity index (χ4n) is 2.27. The molecule has 18 heavy (non-hydrogen) atoms. The number of aryl methyl sites for hydroxylation is 2. The first kappa shape index (κ1) is 12.9. The van der Waals surface area contributed by atoms with Crippen molar-refractivity contribution in [2.24, 2.45) is 5.84 Å². The van der Waals surface area contributed by atoms with E-state index in [0.717, 1.165) is 24.2 Å². The molecule has 0 aliphatic heterocycles. The van der Waals surface area contributed by atoms with E-state index >= 15 is 0 Å². The van der Waals surface area contributed by atoms with E-state index in [2.05, 4.69) is 43.5 Å². The second kappa shape index (κ2) is 5.85. The van der Waals surface area contributed by atoms with Crippen molar-refractivity contribution in [1.82, 2.24) is 5.43 Å². The normalized spacial score (nSPS) is 12.6. The van der Waals surface area contributed by atoms with E-state index < -0.39 is 0 Å². The standard InChI is InChI=1S/C15H20N2O/c1-3-15-13(8-9-18-15)14(17-16)10-12-7-5-4-6-11(12)2/h4-9,14,17H,3,10,16H2,1-2H3. The zero-order chi connectivity index (χ0) is 13.0. The summed E-state index contributed by atoms with van der Waals surface area (Å²) in [6, 6.07) is 10.5. The topological polar surface area (TPSA) is 51.2 Å². The summed E-state index contributed by atoms with van der Waals surface area (Å²) >= 11 is 0. The number of hydrogen-bond donors (Lipinski definition) is 2. The molecule has 3 N–H and O–H groups in total. The molecule has 1 aromatic carbocycles. The second-order valence-corrected chi connectivity index (χ2v) is 4.50. The Balaban J connectivity index is 2.23. The first-order valence-electron chi connectivity index (χ1n) is 6.33. The zero-order valence-electron chi connectivity index (χ0n) is 10.9. The van der Waals surface area contributed by atoms with Gasteiger partial charge in [0.05, 0.1) is 12.3 Å². The van der Waals surface area contributed by atoms with Gasteiger partial charge in [0.2, 0.25) is 0 Å². The molecule has 0 amide bonds. The highest BCUT2D eigenvalue weighted by Gasteiger charge is 2.16. The molecule has 2 rings (SSSR count). The fraction of sp³-hybridized carbons (Fsp3) is 0.333. The zero-order valence-corrected chi connectivity index (χ0v) is 10.9. The van der Waals surface area contributed by atoms with Crippen LogP contribution in [0, 0.1) is 6.92 Å². The number of benzene rings is 1. The van der Waals surface area contributed by atoms with Gasteiger partial charge in [-0.05, 0) is 30.5 Å². The Bertz CT molecular complexity index is 505. The van der Waals surface area contributed by atoms with Crippen molar-refractivity contribution in [3.63, 3.8) is 0 Å². The lowest BCUT2D eigenvalue weighted by atomic mass is 9.96. The number of furan rings is 1. The van der Waals surface area contributed by atoms with Gasteiger partial charge >= 0.3 is 0 Å². The molecule has 0 spiro atoms. The van der Waals surface area contributed by atoms with Crippen LogP contribution < -0.4 is 11.3 Å². The van der Waals surface area contributed by atoms with Crippen LogP contribution in [0.4, 0.5) is 0 Å². The molecule has 1 heterocycles. The summed E-state index contributed by atoms with van der Waals surface area (Å²) in [4.78, 5) is 0. The molecule has 0 radical (unpaired) electrons. The lowest BCUT2D eigenvalue weighted by molar-refractivity contribution is 0.487. The third kappa shape index (κ3) is 2.63. The highest BCUT2D eigenvalue weighted by atomic mass is 16.3. The molecule has 1 aromatic heterocycles. The molecule has 0 fully saturated rings. The Kier molecular flexibility index (Phi) is 4.18. The number of hydrazine groups is 1. The van der Waals surface area contributed by atoms with Crippen LogP contribution in [0.3, 0.4) is 0 Å². The summed E-state index contributed by atoms with van der Waals surface area (Å²) in [6.45, 7) is 4.21. The van der Waals surface area contributed by atoms with Crippen LogP contribution in [0.2, 0.25) is 0 Å². The summed E-state index contributed by atoms with van der Waals surface area (Å²) in [5, 5.41) is 0. The van der Waals surface area contributed by atoms with Crippen LogP contribution >= 0.6 is 0 Å². The van der Waals surface area contributed by atoms with Crippen LogP contribution in [0.1, 0.15) is 35.4 Å². The lowest BCUT2D eigenvalue weighted by Crippen LogP contribution is -2.30. The second-order valence-electron chi connectivity index (χ2n) is 4.50. The Morgan fingerprint density at radius 2 is 2.06 bits per heavy atom. The monoisotopic (exact) mass is 244 g/mol. The third-order valence-corrected chi connectivity index (χ3v) is 3.36. The van der Waals surface area contributed by atoms with Gasteiger partial charge in [0.15, 0.2) is 0 Å². The fourth-order valence-corrected chi connectivity index (χ4v) is 2.27. The van der Waals surface area contributed by atoms with E-state index in [4.69, 9.17) is 10.3 Å². The molecular weight excluding hydrogens is 224 g/mol. The van der Waals surface area contributed by atoms with Crippen molar-refractivity contribution >= 4 is 0 Å². The minimum Gasteiger partial charge on any atom is -0.469 e. The number of rotatable bonds is 5. The van der Waals surface area contributed by atoms with Crippen LogP contribution in [0.15, 0.2) is 41.0 Å². The number of nitrogens with two attached hydrogens (primary N) is 1. The third-order valence-electron chi connectivity index (χ3n) is 3.36. The van der Waals surface area contributed by atoms with Gasteiger partial charge in [-0.1, -0.05) is 31.2 Å². The minimum absolute atomic E-state index is 0.0970. The number of hydrogen-bond acceptors (Lipinski definition) is 3. The highest BCUT2D eigenvalue weighted by molar-refractivity contribution is 5.30. The molecule has 0 saturated heterocycles. The molecule has 0 bridgehead atoms. The van der Waals surface area contributed by atoms with Crippen molar-refractivity contribution in [3.05, 3.63) is 59.0 Å². The van der Waals surface area contributed by atoms with Crippen molar-refractivity contribution in [2.75, 3.05) is 0 Å². The number of nitrogens with one attached hydrogen (secondary N) is 1. The first-order chi connectivity index (χ1) is 8.76. The van der Waals surface area contributed by atoms with Gasteiger partial charge in [-0.25, -0.2) is 0 Å². The molecule has 0 saturated carbocycles. The highest BCUT2D eigenvalue weighted by Crippen LogP contribution is 2.24. The maximum absolute atomic E-state index is 5.69. The van der Waals surface area contributed by atoms with Crippen molar-refractivity contribution in [2.45, 2.75) is 32.7 Å². The van der Waals surface area contributed by atoms with E-state index in [1.54, 1.807) is 6.26 Å². The van der Waals surface area contributed by atoms with E-state index in [-0.39, 0.29) is 6.04 Å². The Morgan fingerprint density at radius 1 is 1.28 bits per heavy atom. The first-order valence-corrected chi connectivity index (χ1v) is 6.33. The average molecular weight is 244 g/mol. The summed E-state index contributed by atoms with van der Waals surface area (Å²) in [5.41, 5.74) is 6.65. The van der Waals surface area contributed by atoms with E-state index in [9.17, 15) is 0 Å². The summed E-state index contributed by atoms with van der Waals surface area (Å²) in [6.07, 6.45) is 3.49. The van der Waals surface area contributed by atoms with Crippen LogP contribution in [0.25, 0.3) is 0 Å². The molecule has 2 aromatic rings. The van der Waals surface area contributed by atoms with E-state index in [1.165, 1.54) is 11.1 Å². The van der Waals surface area contributed by atoms with Crippen molar-refractivity contribution < 1.29 is 4.42 Å². The maximum atomic E-state index is 5.69. The molecule has 3 nitrogen and oxygen atoms in total. The molecule has 0 aliphatic rings. The lowest BCUT2D eigenvalue weighted by Gasteiger charge is -2.17. The van der Waals surface area contributed by atoms with Gasteiger partial charge in [0.25, 0.3) is 0 Å². The van der Waals surface area contributed by atoms with Gasteiger partial charge in [0, 0.05) is 12.0 Å². The Labute approximate surface area is 108 Å². The van der Waals surface area contributed by atoms with E-state index in [1.807, 2.05) is 6.07 Å². The largest absolute Gasteiger partial charge is 0.469 e. The van der Waals surface area contributed by atoms with Crippen LogP contribution in [0.5, 0.6) is 0 Å². The SMILES string of the molecule is CCc1occc1C(Cc1ccccc1C)NN. The maximum Gasteiger partial charge on any atom is 0.108 e. The predicted molar refractivity (Wildman–Crippen MR) is 73.0 cm³/mol. The quantitative estimate of drug-likeness (QED) is 0.628. The van der Waals surface area contributed by atoms with Gasteiger partial charge in [0.1, 0.15) is 5.76 Å². The molecule has 0 aliphatic carbocycles. The summed E-state index contributed by atoms with van der Waals surface area (Å²) < 4.78 is 5.47. The van der Waals surface area contributed by atoms with Crippen LogP contribution in [-0.2, 0) is 12.8 Å². The molecule has 1 atom stereocenters. The molecular formula is C15H20N2O. The Morgan fingerprint density at radius 3 is 2.72 bits per heavy atom. The predicted octanol–water partition coefficient (Wildman–Crippen LogP) is 2.90. The minimum atomic E-state index is 0.0970. The van der Waals surface area contributed by atoms with Gasteiger partial charge in [-0.2, -0.15) is 0 Å². The Hall–Kier alpha value is -1.58. The van der Waals surface area contributed by atoms with Gasteiger partial charge in [-0.3, -0.25) is 11.3 Å². The molecule has 1 unspecified atom stereocenters. The summed E-state index contributed by atoms with van der Waals surface area (Å²) in [7, 11) is 0. The van der Waals surface area contributed by atoms with E-state index in [0.29, 0.717) is 0 Å². The van der Waals surface area contributed by atoms with Gasteiger partial charge < -0.3 is 4.42 Å². The van der Waals surface area contributed by atoms with Crippen LogP contribution in [-0.4, -0.2) is 0 Å². The smallest absolute Gasteiger partial charge is 0.108 e. The molecule has 96 valence electrons. The van der Waals surface area contributed by atoms with Crippen molar-refractivity contribution in [3.8, 4) is 0 Å². The molecule has 3 heteroatoms. The summed E-state index contributed by atoms with van der Waals surface area (Å²) in [5.74, 6) is 6.70. The van der Waals surface area contributed by atoms with Gasteiger partial charge in [-0.15, -0.1) is 0 Å². The van der Waals surface area contributed by atoms with Crippen molar-refractivity contribution in [1.29, 1.82) is 0 Å². The average Bonchev–Trinajstić information content (AvgIpc) is 2.86.